The van der Waals surface area contributed by atoms with Gasteiger partial charge in [0.25, 0.3) is 5.91 Å². The summed E-state index contributed by atoms with van der Waals surface area (Å²) < 4.78 is 1.57. The second-order valence-electron chi connectivity index (χ2n) is 5.51. The van der Waals surface area contributed by atoms with Crippen LogP contribution in [0.3, 0.4) is 0 Å². The van der Waals surface area contributed by atoms with E-state index in [1.165, 1.54) is 0 Å². The lowest BCUT2D eigenvalue weighted by molar-refractivity contribution is 0.102. The number of aromatic nitrogens is 5. The van der Waals surface area contributed by atoms with Gasteiger partial charge in [-0.05, 0) is 36.6 Å². The van der Waals surface area contributed by atoms with Crippen molar-refractivity contribution in [2.75, 3.05) is 5.32 Å². The Morgan fingerprint density at radius 2 is 2.15 bits per heavy atom. The smallest absolute Gasteiger partial charge is 0.279 e. The van der Waals surface area contributed by atoms with Gasteiger partial charge in [0.1, 0.15) is 0 Å². The Labute approximate surface area is 157 Å². The molecule has 0 bridgehead atoms. The molecule has 1 aromatic carbocycles. The van der Waals surface area contributed by atoms with Crippen LogP contribution in [0.25, 0.3) is 16.3 Å². The van der Waals surface area contributed by atoms with Gasteiger partial charge in [0.2, 0.25) is 0 Å². The summed E-state index contributed by atoms with van der Waals surface area (Å²) in [6, 6.07) is 12.9. The summed E-state index contributed by atoms with van der Waals surface area (Å²) in [7, 11) is 0. The second kappa shape index (κ2) is 6.74. The first-order valence-corrected chi connectivity index (χ1v) is 8.96. The van der Waals surface area contributed by atoms with Crippen molar-refractivity contribution >= 4 is 34.7 Å². The van der Waals surface area contributed by atoms with E-state index < -0.39 is 0 Å². The van der Waals surface area contributed by atoms with Crippen LogP contribution in [0.5, 0.6) is 0 Å². The van der Waals surface area contributed by atoms with Gasteiger partial charge in [-0.3, -0.25) is 9.89 Å². The number of anilines is 1. The van der Waals surface area contributed by atoms with E-state index in [9.17, 15) is 4.79 Å². The van der Waals surface area contributed by atoms with Gasteiger partial charge in [-0.1, -0.05) is 28.9 Å². The zero-order valence-corrected chi connectivity index (χ0v) is 15.2. The predicted molar refractivity (Wildman–Crippen MR) is 101 cm³/mol. The number of rotatable bonds is 4. The molecular formula is C17H13ClN6OS. The second-order valence-corrected chi connectivity index (χ2v) is 6.90. The number of benzene rings is 1. The van der Waals surface area contributed by atoms with Gasteiger partial charge in [-0.25, -0.2) is 4.68 Å². The Kier molecular flexibility index (Phi) is 4.27. The van der Waals surface area contributed by atoms with E-state index in [1.807, 2.05) is 29.6 Å². The van der Waals surface area contributed by atoms with Crippen LogP contribution in [0.15, 0.2) is 47.8 Å². The van der Waals surface area contributed by atoms with E-state index in [0.717, 1.165) is 16.3 Å². The van der Waals surface area contributed by atoms with Gasteiger partial charge in [0.15, 0.2) is 11.5 Å². The number of nitrogens with zero attached hydrogens (tertiary/aromatic N) is 4. The van der Waals surface area contributed by atoms with E-state index in [-0.39, 0.29) is 11.6 Å². The number of amides is 1. The number of thiophene rings is 1. The summed E-state index contributed by atoms with van der Waals surface area (Å²) in [5.74, 6) is 0.0510. The highest BCUT2D eigenvalue weighted by Gasteiger charge is 2.18. The Bertz CT molecular complexity index is 1070. The van der Waals surface area contributed by atoms with Crippen LogP contribution in [0.2, 0.25) is 5.02 Å². The minimum absolute atomic E-state index is 0.227. The summed E-state index contributed by atoms with van der Waals surface area (Å²) in [5, 5.41) is 20.4. The average Bonchev–Trinajstić information content (AvgIpc) is 3.34. The summed E-state index contributed by atoms with van der Waals surface area (Å²) in [6.45, 7) is 1.78. The van der Waals surface area contributed by atoms with Crippen molar-refractivity contribution in [3.05, 3.63) is 64.3 Å². The average molecular weight is 385 g/mol. The number of carbonyl (C=O) groups excluding carboxylic acids is 1. The molecule has 0 atom stereocenters. The SMILES string of the molecule is Cc1c(C(=O)Nc2cc(-c3cccs3)[nH]n2)nnn1-c1cccc(Cl)c1. The molecule has 1 amide bonds. The molecule has 0 aliphatic carbocycles. The highest BCUT2D eigenvalue weighted by molar-refractivity contribution is 7.13. The van der Waals surface area contributed by atoms with Crippen LogP contribution in [0.1, 0.15) is 16.2 Å². The fraction of sp³-hybridized carbons (Fsp3) is 0.0588. The Morgan fingerprint density at radius 3 is 2.92 bits per heavy atom. The zero-order valence-electron chi connectivity index (χ0n) is 13.6. The van der Waals surface area contributed by atoms with Crippen molar-refractivity contribution in [1.82, 2.24) is 25.2 Å². The molecule has 0 unspecified atom stereocenters. The Balaban J connectivity index is 1.56. The maximum absolute atomic E-state index is 12.5. The van der Waals surface area contributed by atoms with Gasteiger partial charge < -0.3 is 5.32 Å². The van der Waals surface area contributed by atoms with E-state index in [1.54, 1.807) is 41.1 Å². The lowest BCUT2D eigenvalue weighted by atomic mass is 10.3. The third kappa shape index (κ3) is 3.12. The molecule has 0 aliphatic rings. The summed E-state index contributed by atoms with van der Waals surface area (Å²) in [5.41, 5.74) is 2.42. The van der Waals surface area contributed by atoms with Gasteiger partial charge in [-0.2, -0.15) is 5.10 Å². The molecule has 26 heavy (non-hydrogen) atoms. The Hall–Kier alpha value is -2.97. The molecule has 2 N–H and O–H groups in total. The quantitative estimate of drug-likeness (QED) is 0.558. The van der Waals surface area contributed by atoms with Crippen LogP contribution in [0.4, 0.5) is 5.82 Å². The first-order chi connectivity index (χ1) is 12.6. The van der Waals surface area contributed by atoms with Gasteiger partial charge in [0, 0.05) is 11.1 Å². The van der Waals surface area contributed by atoms with Crippen LogP contribution in [0, 0.1) is 6.92 Å². The first kappa shape index (κ1) is 16.5. The molecule has 3 aromatic heterocycles. The van der Waals surface area contributed by atoms with Gasteiger partial charge in [0.05, 0.1) is 22.0 Å². The van der Waals surface area contributed by atoms with Gasteiger partial charge in [-0.15, -0.1) is 16.4 Å². The molecule has 4 rings (SSSR count). The maximum atomic E-state index is 12.5. The van der Waals surface area contributed by atoms with E-state index in [4.69, 9.17) is 11.6 Å². The van der Waals surface area contributed by atoms with Crippen molar-refractivity contribution in [2.45, 2.75) is 6.92 Å². The zero-order chi connectivity index (χ0) is 18.1. The summed E-state index contributed by atoms with van der Waals surface area (Å²) >= 11 is 7.61. The van der Waals surface area contributed by atoms with Crippen molar-refractivity contribution in [3.63, 3.8) is 0 Å². The fourth-order valence-electron chi connectivity index (χ4n) is 2.51. The predicted octanol–water partition coefficient (Wildman–Crippen LogP) is 3.93. The molecule has 0 aliphatic heterocycles. The third-order valence-electron chi connectivity index (χ3n) is 3.77. The van der Waals surface area contributed by atoms with Crippen LogP contribution >= 0.6 is 22.9 Å². The molecule has 0 saturated heterocycles. The minimum Gasteiger partial charge on any atom is -0.304 e. The highest BCUT2D eigenvalue weighted by Crippen LogP contribution is 2.24. The molecule has 0 fully saturated rings. The van der Waals surface area contributed by atoms with Crippen molar-refractivity contribution in [3.8, 4) is 16.3 Å². The number of aromatic amines is 1. The van der Waals surface area contributed by atoms with E-state index in [2.05, 4.69) is 25.8 Å². The molecular weight excluding hydrogens is 372 g/mol. The summed E-state index contributed by atoms with van der Waals surface area (Å²) in [4.78, 5) is 13.6. The topological polar surface area (TPSA) is 88.5 Å². The number of carbonyl (C=O) groups is 1. The molecule has 0 spiro atoms. The third-order valence-corrected chi connectivity index (χ3v) is 4.91. The first-order valence-electron chi connectivity index (χ1n) is 7.71. The molecule has 130 valence electrons. The van der Waals surface area contributed by atoms with Crippen molar-refractivity contribution in [2.24, 2.45) is 0 Å². The molecule has 0 saturated carbocycles. The normalized spacial score (nSPS) is 10.8. The molecule has 0 radical (unpaired) electrons. The van der Waals surface area contributed by atoms with Crippen molar-refractivity contribution < 1.29 is 4.79 Å². The number of nitrogens with one attached hydrogen (secondary N) is 2. The fourth-order valence-corrected chi connectivity index (χ4v) is 3.39. The number of hydrogen-bond acceptors (Lipinski definition) is 5. The molecule has 7 nitrogen and oxygen atoms in total. The molecule has 9 heteroatoms. The standard InChI is InChI=1S/C17H13ClN6OS/c1-10-16(22-23-24(10)12-5-2-4-11(18)8-12)17(25)19-15-9-13(20-21-15)14-6-3-7-26-14/h2-9H,1H3,(H2,19,20,21,25). The highest BCUT2D eigenvalue weighted by atomic mass is 35.5. The molecule has 4 aromatic rings. The number of hydrogen-bond donors (Lipinski definition) is 2. The van der Waals surface area contributed by atoms with E-state index in [0.29, 0.717) is 16.5 Å². The van der Waals surface area contributed by atoms with Crippen LogP contribution < -0.4 is 5.32 Å². The van der Waals surface area contributed by atoms with Crippen LogP contribution in [-0.2, 0) is 0 Å². The minimum atomic E-state index is -0.375. The maximum Gasteiger partial charge on any atom is 0.279 e. The molecule has 3 heterocycles. The largest absolute Gasteiger partial charge is 0.304 e. The number of halogens is 1. The van der Waals surface area contributed by atoms with Gasteiger partial charge >= 0.3 is 0 Å². The van der Waals surface area contributed by atoms with Crippen molar-refractivity contribution in [1.29, 1.82) is 0 Å². The van der Waals surface area contributed by atoms with E-state index >= 15 is 0 Å². The number of H-pyrrole nitrogens is 1. The summed E-state index contributed by atoms with van der Waals surface area (Å²) in [6.07, 6.45) is 0. The van der Waals surface area contributed by atoms with Crippen LogP contribution in [-0.4, -0.2) is 31.1 Å². The lowest BCUT2D eigenvalue weighted by Crippen LogP contribution is -2.14. The Morgan fingerprint density at radius 1 is 1.27 bits per heavy atom. The monoisotopic (exact) mass is 384 g/mol. The lowest BCUT2D eigenvalue weighted by Gasteiger charge is -2.04.